The van der Waals surface area contributed by atoms with Crippen LogP contribution in [0.2, 0.25) is 0 Å². The minimum atomic E-state index is -0.126. The molecule has 1 amide bonds. The molecule has 6 heteroatoms. The smallest absolute Gasteiger partial charge is 0.272 e. The molecule has 0 spiro atoms. The van der Waals surface area contributed by atoms with Gasteiger partial charge in [0.1, 0.15) is 5.69 Å². The van der Waals surface area contributed by atoms with Crippen molar-refractivity contribution in [1.29, 1.82) is 0 Å². The minimum Gasteiger partial charge on any atom is -0.356 e. The summed E-state index contributed by atoms with van der Waals surface area (Å²) in [4.78, 5) is 31.4. The van der Waals surface area contributed by atoms with Crippen molar-refractivity contribution in [2.24, 2.45) is 0 Å². The van der Waals surface area contributed by atoms with Crippen molar-refractivity contribution in [2.45, 2.75) is 52.1 Å². The third kappa shape index (κ3) is 4.30. The van der Waals surface area contributed by atoms with Crippen molar-refractivity contribution in [2.75, 3.05) is 19.6 Å². The van der Waals surface area contributed by atoms with E-state index in [1.165, 1.54) is 25.9 Å². The summed E-state index contributed by atoms with van der Waals surface area (Å²) in [6.45, 7) is 7.34. The lowest BCUT2D eigenvalue weighted by Crippen LogP contribution is -2.35. The summed E-state index contributed by atoms with van der Waals surface area (Å²) in [5.41, 5.74) is 1.89. The zero-order chi connectivity index (χ0) is 18.5. The predicted molar refractivity (Wildman–Crippen MR) is 103 cm³/mol. The fourth-order valence-electron chi connectivity index (χ4n) is 3.63. The van der Waals surface area contributed by atoms with Gasteiger partial charge in [-0.15, -0.1) is 0 Å². The quantitative estimate of drug-likeness (QED) is 0.825. The number of benzene rings is 1. The van der Waals surface area contributed by atoms with Crippen LogP contribution in [0.25, 0.3) is 11.0 Å². The van der Waals surface area contributed by atoms with Gasteiger partial charge in [-0.05, 0) is 58.3 Å². The predicted octanol–water partition coefficient (Wildman–Crippen LogP) is 2.09. The van der Waals surface area contributed by atoms with Crippen molar-refractivity contribution < 1.29 is 4.79 Å². The Morgan fingerprint density at radius 2 is 2.00 bits per heavy atom. The van der Waals surface area contributed by atoms with Crippen LogP contribution in [0.3, 0.4) is 0 Å². The number of carbonyl (C=O) groups excluding carboxylic acids is 1. The third-order valence-corrected chi connectivity index (χ3v) is 5.23. The molecule has 1 fully saturated rings. The van der Waals surface area contributed by atoms with Gasteiger partial charge in [-0.2, -0.15) is 0 Å². The van der Waals surface area contributed by atoms with E-state index in [4.69, 9.17) is 0 Å². The summed E-state index contributed by atoms with van der Waals surface area (Å²) in [7, 11) is 0. The zero-order valence-corrected chi connectivity index (χ0v) is 15.7. The van der Waals surface area contributed by atoms with E-state index in [0.717, 1.165) is 17.5 Å². The van der Waals surface area contributed by atoms with E-state index in [-0.39, 0.29) is 11.5 Å². The Labute approximate surface area is 154 Å². The average molecular weight is 356 g/mol. The maximum Gasteiger partial charge on any atom is 0.272 e. The maximum absolute atomic E-state index is 12.4. The molecule has 1 aromatic carbocycles. The summed E-state index contributed by atoms with van der Waals surface area (Å²) < 4.78 is 1.66. The summed E-state index contributed by atoms with van der Waals surface area (Å²) in [5.74, 6) is -0.0101. The molecule has 2 aromatic rings. The highest BCUT2D eigenvalue weighted by Crippen LogP contribution is 2.13. The first kappa shape index (κ1) is 18.6. The highest BCUT2D eigenvalue weighted by Gasteiger charge is 2.17. The van der Waals surface area contributed by atoms with Crippen LogP contribution in [0.15, 0.2) is 29.1 Å². The first-order valence-corrected chi connectivity index (χ1v) is 9.53. The van der Waals surface area contributed by atoms with Gasteiger partial charge in [0.2, 0.25) is 5.91 Å². The van der Waals surface area contributed by atoms with Crippen LogP contribution in [-0.2, 0) is 11.3 Å². The van der Waals surface area contributed by atoms with Gasteiger partial charge in [0.05, 0.1) is 11.0 Å². The Bertz CT molecular complexity index is 824. The fraction of sp³-hybridized carbons (Fsp3) is 0.550. The van der Waals surface area contributed by atoms with Crippen LogP contribution in [0, 0.1) is 6.92 Å². The van der Waals surface area contributed by atoms with Crippen molar-refractivity contribution in [3.8, 4) is 0 Å². The molecule has 0 radical (unpaired) electrons. The van der Waals surface area contributed by atoms with Crippen LogP contribution in [-0.4, -0.2) is 46.0 Å². The molecule has 0 aliphatic carbocycles. The lowest BCUT2D eigenvalue weighted by Gasteiger charge is -2.23. The van der Waals surface area contributed by atoms with Crippen molar-refractivity contribution in [3.63, 3.8) is 0 Å². The van der Waals surface area contributed by atoms with Crippen LogP contribution >= 0.6 is 0 Å². The molecule has 2 heterocycles. The van der Waals surface area contributed by atoms with Crippen LogP contribution in [0.5, 0.6) is 0 Å². The molecule has 6 nitrogen and oxygen atoms in total. The van der Waals surface area contributed by atoms with E-state index in [0.29, 0.717) is 31.2 Å². The average Bonchev–Trinajstić information content (AvgIpc) is 3.17. The van der Waals surface area contributed by atoms with Gasteiger partial charge >= 0.3 is 0 Å². The zero-order valence-electron chi connectivity index (χ0n) is 15.7. The number of fused-ring (bicyclic) bond motifs is 1. The molecule has 3 rings (SSSR count). The SMILES string of the molecule is Cc1nc2ccccc2n(CCC(=O)NCC[C@@H](C)N2CCCC2)c1=O. The van der Waals surface area contributed by atoms with Crippen LogP contribution in [0.4, 0.5) is 0 Å². The van der Waals surface area contributed by atoms with Gasteiger partial charge < -0.3 is 14.8 Å². The second kappa shape index (κ2) is 8.45. The molecule has 0 saturated carbocycles. The molecule has 0 bridgehead atoms. The standard InChI is InChI=1S/C20H28N4O2/c1-15(23-12-5-6-13-23)9-11-21-19(25)10-14-24-18-8-4-3-7-17(18)22-16(2)20(24)26/h3-4,7-8,15H,5-6,9-14H2,1-2H3,(H,21,25)/t15-/m1/s1. The second-order valence-corrected chi connectivity index (χ2v) is 7.12. The van der Waals surface area contributed by atoms with Crippen molar-refractivity contribution in [3.05, 3.63) is 40.3 Å². The van der Waals surface area contributed by atoms with E-state index in [2.05, 4.69) is 22.1 Å². The second-order valence-electron chi connectivity index (χ2n) is 7.12. The number of hydrogen-bond acceptors (Lipinski definition) is 4. The van der Waals surface area contributed by atoms with Crippen molar-refractivity contribution >= 4 is 16.9 Å². The monoisotopic (exact) mass is 356 g/mol. The van der Waals surface area contributed by atoms with Gasteiger partial charge in [0, 0.05) is 25.6 Å². The molecular formula is C20H28N4O2. The molecular weight excluding hydrogens is 328 g/mol. The first-order chi connectivity index (χ1) is 12.6. The summed E-state index contributed by atoms with van der Waals surface area (Å²) >= 11 is 0. The number of rotatable bonds is 7. The number of nitrogens with one attached hydrogen (secondary N) is 1. The minimum absolute atomic E-state index is 0.0101. The maximum atomic E-state index is 12.4. The lowest BCUT2D eigenvalue weighted by molar-refractivity contribution is -0.121. The highest BCUT2D eigenvalue weighted by atomic mass is 16.1. The van der Waals surface area contributed by atoms with Gasteiger partial charge in [0.25, 0.3) is 5.56 Å². The Kier molecular flexibility index (Phi) is 6.04. The first-order valence-electron chi connectivity index (χ1n) is 9.53. The Balaban J connectivity index is 1.54. The Morgan fingerprint density at radius 1 is 1.27 bits per heavy atom. The molecule has 140 valence electrons. The van der Waals surface area contributed by atoms with Crippen LogP contribution < -0.4 is 10.9 Å². The molecule has 26 heavy (non-hydrogen) atoms. The van der Waals surface area contributed by atoms with Gasteiger partial charge in [0.15, 0.2) is 0 Å². The number of hydrogen-bond donors (Lipinski definition) is 1. The van der Waals surface area contributed by atoms with Crippen molar-refractivity contribution in [1.82, 2.24) is 19.8 Å². The van der Waals surface area contributed by atoms with E-state index in [1.54, 1.807) is 11.5 Å². The number of aromatic nitrogens is 2. The van der Waals surface area contributed by atoms with Gasteiger partial charge in [-0.25, -0.2) is 4.98 Å². The molecule has 1 N–H and O–H groups in total. The van der Waals surface area contributed by atoms with E-state index < -0.39 is 0 Å². The topological polar surface area (TPSA) is 67.2 Å². The summed E-state index contributed by atoms with van der Waals surface area (Å²) in [6.07, 6.45) is 3.82. The van der Waals surface area contributed by atoms with E-state index in [9.17, 15) is 9.59 Å². The third-order valence-electron chi connectivity index (χ3n) is 5.23. The number of amides is 1. The number of carbonyl (C=O) groups is 1. The highest BCUT2D eigenvalue weighted by molar-refractivity contribution is 5.77. The van der Waals surface area contributed by atoms with Gasteiger partial charge in [-0.1, -0.05) is 12.1 Å². The lowest BCUT2D eigenvalue weighted by atomic mass is 10.2. The molecule has 1 aromatic heterocycles. The number of para-hydroxylation sites is 2. The Hall–Kier alpha value is -2.21. The normalized spacial score (nSPS) is 16.1. The largest absolute Gasteiger partial charge is 0.356 e. The van der Waals surface area contributed by atoms with Crippen LogP contribution in [0.1, 0.15) is 38.3 Å². The van der Waals surface area contributed by atoms with Gasteiger partial charge in [-0.3, -0.25) is 9.59 Å². The fourth-order valence-corrected chi connectivity index (χ4v) is 3.63. The molecule has 1 atom stereocenters. The summed E-state index contributed by atoms with van der Waals surface area (Å²) in [6, 6.07) is 8.05. The number of aryl methyl sites for hydroxylation is 2. The molecule has 1 aliphatic heterocycles. The van der Waals surface area contributed by atoms with E-state index >= 15 is 0 Å². The number of nitrogens with zero attached hydrogens (tertiary/aromatic N) is 3. The molecule has 0 unspecified atom stereocenters. The number of likely N-dealkylation sites (tertiary alicyclic amines) is 1. The Morgan fingerprint density at radius 3 is 2.77 bits per heavy atom. The van der Waals surface area contributed by atoms with E-state index in [1.807, 2.05) is 24.3 Å². The summed E-state index contributed by atoms with van der Waals surface area (Å²) in [5, 5.41) is 2.99. The molecule has 1 aliphatic rings. The molecule has 1 saturated heterocycles.